The summed E-state index contributed by atoms with van der Waals surface area (Å²) in [7, 11) is 1.86. The molecule has 0 saturated heterocycles. The lowest BCUT2D eigenvalue weighted by Gasteiger charge is -2.26. The van der Waals surface area contributed by atoms with E-state index in [1.54, 1.807) is 0 Å². The third kappa shape index (κ3) is 4.65. The van der Waals surface area contributed by atoms with Crippen LogP contribution in [0.4, 0.5) is 0 Å². The van der Waals surface area contributed by atoms with Crippen LogP contribution in [0.2, 0.25) is 0 Å². The first-order valence-corrected chi connectivity index (χ1v) is 9.76. The van der Waals surface area contributed by atoms with Crippen LogP contribution < -0.4 is 10.6 Å². The summed E-state index contributed by atoms with van der Waals surface area (Å²) in [6.07, 6.45) is 6.02. The minimum atomic E-state index is 0.128. The van der Waals surface area contributed by atoms with Crippen LogP contribution in [0, 0.1) is 0 Å². The summed E-state index contributed by atoms with van der Waals surface area (Å²) in [4.78, 5) is 5.79. The highest BCUT2D eigenvalue weighted by molar-refractivity contribution is 7.99. The number of guanidine groups is 1. The molecule has 1 aromatic heterocycles. The zero-order chi connectivity index (χ0) is 15.3. The van der Waals surface area contributed by atoms with Crippen molar-refractivity contribution in [2.45, 2.75) is 49.8 Å². The topological polar surface area (TPSA) is 36.4 Å². The number of thiophene rings is 1. The Labute approximate surface area is 137 Å². The molecule has 1 aromatic rings. The summed E-state index contributed by atoms with van der Waals surface area (Å²) in [5.74, 6) is 0.936. The fraction of sp³-hybridized carbons (Fsp3) is 0.688. The summed E-state index contributed by atoms with van der Waals surface area (Å²) in [5.41, 5.74) is 0.128. The Hall–Kier alpha value is -0.680. The van der Waals surface area contributed by atoms with Gasteiger partial charge in [0.2, 0.25) is 0 Å². The molecular formula is C16H27N3S2. The lowest BCUT2D eigenvalue weighted by atomic mass is 9.91. The van der Waals surface area contributed by atoms with Gasteiger partial charge in [0.25, 0.3) is 0 Å². The van der Waals surface area contributed by atoms with Crippen LogP contribution >= 0.6 is 23.1 Å². The Morgan fingerprint density at radius 1 is 1.48 bits per heavy atom. The fourth-order valence-corrected chi connectivity index (χ4v) is 4.38. The van der Waals surface area contributed by atoms with E-state index >= 15 is 0 Å². The number of nitrogens with one attached hydrogen (secondary N) is 2. The zero-order valence-electron chi connectivity index (χ0n) is 13.5. The van der Waals surface area contributed by atoms with Gasteiger partial charge in [-0.3, -0.25) is 4.99 Å². The van der Waals surface area contributed by atoms with Gasteiger partial charge >= 0.3 is 0 Å². The van der Waals surface area contributed by atoms with E-state index < -0.39 is 0 Å². The largest absolute Gasteiger partial charge is 0.356 e. The molecule has 1 heterocycles. The van der Waals surface area contributed by atoms with Crippen molar-refractivity contribution in [1.82, 2.24) is 10.6 Å². The van der Waals surface area contributed by atoms with Crippen molar-refractivity contribution in [2.75, 3.05) is 19.8 Å². The Balaban J connectivity index is 1.83. The van der Waals surface area contributed by atoms with Gasteiger partial charge in [-0.05, 0) is 37.0 Å². The second-order valence-corrected chi connectivity index (χ2v) is 8.38. The number of thioether (sulfide) groups is 1. The number of hydrogen-bond acceptors (Lipinski definition) is 3. The summed E-state index contributed by atoms with van der Waals surface area (Å²) < 4.78 is 0. The maximum Gasteiger partial charge on any atom is 0.191 e. The normalized spacial score (nSPS) is 23.3. The van der Waals surface area contributed by atoms with E-state index in [1.165, 1.54) is 24.1 Å². The van der Waals surface area contributed by atoms with Crippen molar-refractivity contribution >= 4 is 29.1 Å². The van der Waals surface area contributed by atoms with E-state index in [0.29, 0.717) is 6.04 Å². The first-order chi connectivity index (χ1) is 10.0. The SMILES string of the molecule is CN=C(NCC(C)(C)c1cccs1)NC1CCC(SC)C1. The molecule has 0 aliphatic heterocycles. The summed E-state index contributed by atoms with van der Waals surface area (Å²) in [6, 6.07) is 4.90. The van der Waals surface area contributed by atoms with Crippen LogP contribution in [0.5, 0.6) is 0 Å². The van der Waals surface area contributed by atoms with Gasteiger partial charge in [-0.2, -0.15) is 11.8 Å². The highest BCUT2D eigenvalue weighted by Gasteiger charge is 2.26. The second-order valence-electron chi connectivity index (χ2n) is 6.30. The molecule has 118 valence electrons. The van der Waals surface area contributed by atoms with E-state index in [9.17, 15) is 0 Å². The van der Waals surface area contributed by atoms with Crippen molar-refractivity contribution in [3.05, 3.63) is 22.4 Å². The monoisotopic (exact) mass is 325 g/mol. The Morgan fingerprint density at radius 2 is 2.29 bits per heavy atom. The van der Waals surface area contributed by atoms with Crippen LogP contribution in [-0.4, -0.2) is 37.1 Å². The van der Waals surface area contributed by atoms with E-state index in [4.69, 9.17) is 0 Å². The summed E-state index contributed by atoms with van der Waals surface area (Å²) in [5, 5.41) is 10.0. The number of aliphatic imine (C=N–C) groups is 1. The average molecular weight is 326 g/mol. The molecule has 2 rings (SSSR count). The third-order valence-corrected chi connectivity index (χ3v) is 6.50. The first-order valence-electron chi connectivity index (χ1n) is 7.59. The van der Waals surface area contributed by atoms with Crippen LogP contribution in [0.25, 0.3) is 0 Å². The molecule has 0 aromatic carbocycles. The standard InChI is InChI=1S/C16H27N3S2/c1-16(2,14-6-5-9-21-14)11-18-15(17-3)19-12-7-8-13(10-12)20-4/h5-6,9,12-13H,7-8,10-11H2,1-4H3,(H2,17,18,19). The van der Waals surface area contributed by atoms with Gasteiger partial charge in [0.1, 0.15) is 0 Å². The van der Waals surface area contributed by atoms with Crippen LogP contribution in [-0.2, 0) is 5.41 Å². The first kappa shape index (κ1) is 16.7. The molecule has 1 saturated carbocycles. The number of rotatable bonds is 5. The molecule has 2 N–H and O–H groups in total. The quantitative estimate of drug-likeness (QED) is 0.643. The second kappa shape index (κ2) is 7.54. The lowest BCUT2D eigenvalue weighted by Crippen LogP contribution is -2.46. The fourth-order valence-electron chi connectivity index (χ4n) is 2.73. The molecule has 2 atom stereocenters. The molecule has 0 radical (unpaired) electrons. The molecular weight excluding hydrogens is 298 g/mol. The van der Waals surface area contributed by atoms with E-state index in [0.717, 1.165) is 17.8 Å². The van der Waals surface area contributed by atoms with Crippen molar-refractivity contribution in [3.8, 4) is 0 Å². The molecule has 1 aliphatic rings. The van der Waals surface area contributed by atoms with E-state index in [1.807, 2.05) is 30.1 Å². The third-order valence-electron chi connectivity index (χ3n) is 4.17. The summed E-state index contributed by atoms with van der Waals surface area (Å²) in [6.45, 7) is 5.45. The highest BCUT2D eigenvalue weighted by atomic mass is 32.2. The molecule has 0 amide bonds. The molecule has 2 unspecified atom stereocenters. The van der Waals surface area contributed by atoms with Gasteiger partial charge < -0.3 is 10.6 Å². The maximum absolute atomic E-state index is 4.38. The molecule has 0 bridgehead atoms. The molecule has 5 heteroatoms. The van der Waals surface area contributed by atoms with Gasteiger partial charge in [0.05, 0.1) is 0 Å². The number of hydrogen-bond donors (Lipinski definition) is 2. The molecule has 1 fully saturated rings. The van der Waals surface area contributed by atoms with Crippen molar-refractivity contribution in [2.24, 2.45) is 4.99 Å². The van der Waals surface area contributed by atoms with Crippen molar-refractivity contribution in [1.29, 1.82) is 0 Å². The smallest absolute Gasteiger partial charge is 0.191 e. The Bertz CT molecular complexity index is 454. The lowest BCUT2D eigenvalue weighted by molar-refractivity contribution is 0.512. The van der Waals surface area contributed by atoms with Gasteiger partial charge in [-0.15, -0.1) is 11.3 Å². The predicted octanol–water partition coefficient (Wildman–Crippen LogP) is 3.47. The van der Waals surface area contributed by atoms with Gasteiger partial charge in [0.15, 0.2) is 5.96 Å². The van der Waals surface area contributed by atoms with Gasteiger partial charge in [-0.25, -0.2) is 0 Å². The van der Waals surface area contributed by atoms with Gasteiger partial charge in [0, 0.05) is 35.2 Å². The van der Waals surface area contributed by atoms with Crippen LogP contribution in [0.1, 0.15) is 38.0 Å². The zero-order valence-corrected chi connectivity index (χ0v) is 15.1. The van der Waals surface area contributed by atoms with E-state index in [2.05, 4.69) is 53.2 Å². The highest BCUT2D eigenvalue weighted by Crippen LogP contribution is 2.28. The predicted molar refractivity (Wildman–Crippen MR) is 96.8 cm³/mol. The molecule has 1 aliphatic carbocycles. The Kier molecular flexibility index (Phi) is 5.99. The Morgan fingerprint density at radius 3 is 2.86 bits per heavy atom. The molecule has 21 heavy (non-hydrogen) atoms. The van der Waals surface area contributed by atoms with E-state index in [-0.39, 0.29) is 5.41 Å². The summed E-state index contributed by atoms with van der Waals surface area (Å²) >= 11 is 3.81. The average Bonchev–Trinajstić information content (AvgIpc) is 3.14. The number of nitrogens with zero attached hydrogens (tertiary/aromatic N) is 1. The van der Waals surface area contributed by atoms with Gasteiger partial charge in [-0.1, -0.05) is 19.9 Å². The molecule has 0 spiro atoms. The minimum Gasteiger partial charge on any atom is -0.356 e. The molecule has 3 nitrogen and oxygen atoms in total. The maximum atomic E-state index is 4.38. The van der Waals surface area contributed by atoms with Crippen LogP contribution in [0.15, 0.2) is 22.5 Å². The van der Waals surface area contributed by atoms with Crippen LogP contribution in [0.3, 0.4) is 0 Å². The van der Waals surface area contributed by atoms with Crippen molar-refractivity contribution in [3.63, 3.8) is 0 Å². The van der Waals surface area contributed by atoms with Crippen molar-refractivity contribution < 1.29 is 0 Å². The minimum absolute atomic E-state index is 0.128.